The summed E-state index contributed by atoms with van der Waals surface area (Å²) in [5.74, 6) is 0.665. The first-order valence-electron chi connectivity index (χ1n) is 7.87. The summed E-state index contributed by atoms with van der Waals surface area (Å²) in [5, 5.41) is 2.97. The number of hydrogen-bond acceptors (Lipinski definition) is 2. The highest BCUT2D eigenvalue weighted by atomic mass is 16.5. The van der Waals surface area contributed by atoms with E-state index in [2.05, 4.69) is 30.4 Å². The number of hydrogen-bond donors (Lipinski definition) is 1. The van der Waals surface area contributed by atoms with Crippen LogP contribution in [-0.4, -0.2) is 12.5 Å². The Morgan fingerprint density at radius 3 is 2.09 bits per heavy atom. The second-order valence-corrected chi connectivity index (χ2v) is 6.26. The molecule has 3 nitrogen and oxygen atoms in total. The van der Waals surface area contributed by atoms with Crippen molar-refractivity contribution < 1.29 is 9.53 Å². The molecule has 0 radical (unpaired) electrons. The summed E-state index contributed by atoms with van der Waals surface area (Å²) >= 11 is 0. The molecule has 2 aromatic rings. The summed E-state index contributed by atoms with van der Waals surface area (Å²) in [5.41, 5.74) is 7.50. The van der Waals surface area contributed by atoms with E-state index in [9.17, 15) is 4.79 Å². The molecule has 2 rings (SSSR count). The number of aryl methyl sites for hydroxylation is 5. The first kappa shape index (κ1) is 17.1. The van der Waals surface area contributed by atoms with Gasteiger partial charge in [-0.25, -0.2) is 0 Å². The molecule has 0 fully saturated rings. The van der Waals surface area contributed by atoms with Gasteiger partial charge in [0, 0.05) is 5.69 Å². The van der Waals surface area contributed by atoms with Crippen LogP contribution < -0.4 is 10.1 Å². The van der Waals surface area contributed by atoms with Crippen LogP contribution in [0.25, 0.3) is 0 Å². The summed E-state index contributed by atoms with van der Waals surface area (Å²) < 4.78 is 5.77. The third-order valence-electron chi connectivity index (χ3n) is 4.16. The molecule has 1 amide bonds. The zero-order valence-corrected chi connectivity index (χ0v) is 14.8. The number of anilines is 1. The maximum Gasteiger partial charge on any atom is 0.262 e. The van der Waals surface area contributed by atoms with Gasteiger partial charge < -0.3 is 10.1 Å². The lowest BCUT2D eigenvalue weighted by atomic mass is 10.1. The Morgan fingerprint density at radius 2 is 1.48 bits per heavy atom. The topological polar surface area (TPSA) is 38.3 Å². The first-order chi connectivity index (χ1) is 10.8. The second-order valence-electron chi connectivity index (χ2n) is 6.26. The van der Waals surface area contributed by atoms with Crippen LogP contribution in [0.5, 0.6) is 5.75 Å². The number of nitrogens with one attached hydrogen (secondary N) is 1. The predicted molar refractivity (Wildman–Crippen MR) is 95.4 cm³/mol. The lowest BCUT2D eigenvalue weighted by Gasteiger charge is -2.15. The Balaban J connectivity index is 2.09. The largest absolute Gasteiger partial charge is 0.483 e. The molecule has 0 bridgehead atoms. The normalized spacial score (nSPS) is 10.5. The van der Waals surface area contributed by atoms with Crippen molar-refractivity contribution in [3.05, 3.63) is 57.6 Å². The minimum absolute atomic E-state index is 0.0118. The lowest BCUT2D eigenvalue weighted by molar-refractivity contribution is -0.118. The highest BCUT2D eigenvalue weighted by Gasteiger charge is 2.11. The molecule has 0 aliphatic carbocycles. The third kappa shape index (κ3) is 3.92. The molecule has 0 atom stereocenters. The number of benzene rings is 2. The van der Waals surface area contributed by atoms with E-state index in [1.807, 2.05) is 40.7 Å². The van der Waals surface area contributed by atoms with Crippen molar-refractivity contribution in [3.63, 3.8) is 0 Å². The molecule has 0 unspecified atom stereocenters. The van der Waals surface area contributed by atoms with Gasteiger partial charge in [-0.1, -0.05) is 29.8 Å². The second kappa shape index (κ2) is 6.86. The summed E-state index contributed by atoms with van der Waals surface area (Å²) in [6, 6.07) is 8.22. The zero-order valence-electron chi connectivity index (χ0n) is 14.8. The smallest absolute Gasteiger partial charge is 0.262 e. The summed E-state index contributed by atoms with van der Waals surface area (Å²) in [7, 11) is 0. The fourth-order valence-electron chi connectivity index (χ4n) is 2.84. The van der Waals surface area contributed by atoms with E-state index in [0.29, 0.717) is 0 Å². The molecule has 0 spiro atoms. The molecule has 0 saturated heterocycles. The van der Waals surface area contributed by atoms with E-state index in [1.54, 1.807) is 0 Å². The Hall–Kier alpha value is -2.29. The van der Waals surface area contributed by atoms with E-state index < -0.39 is 0 Å². The Bertz CT molecular complexity index is 725. The van der Waals surface area contributed by atoms with Crippen LogP contribution in [-0.2, 0) is 4.79 Å². The maximum absolute atomic E-state index is 12.2. The lowest BCUT2D eigenvalue weighted by Crippen LogP contribution is -2.22. The van der Waals surface area contributed by atoms with Gasteiger partial charge in [-0.2, -0.15) is 0 Å². The van der Waals surface area contributed by atoms with Gasteiger partial charge in [0.2, 0.25) is 0 Å². The van der Waals surface area contributed by atoms with Crippen LogP contribution in [0.2, 0.25) is 0 Å². The highest BCUT2D eigenvalue weighted by Crippen LogP contribution is 2.26. The molecule has 0 heterocycles. The van der Waals surface area contributed by atoms with Crippen molar-refractivity contribution >= 4 is 11.6 Å². The van der Waals surface area contributed by atoms with Crippen LogP contribution in [0.1, 0.15) is 33.4 Å². The van der Waals surface area contributed by atoms with Crippen LogP contribution in [0.4, 0.5) is 5.69 Å². The molecule has 0 aliphatic heterocycles. The molecular formula is C20H25NO2. The average molecular weight is 311 g/mol. The van der Waals surface area contributed by atoms with Gasteiger partial charge in [-0.05, 0) is 69.4 Å². The number of rotatable bonds is 4. The molecule has 0 aromatic heterocycles. The van der Waals surface area contributed by atoms with Gasteiger partial charge >= 0.3 is 0 Å². The van der Waals surface area contributed by atoms with Gasteiger partial charge in [-0.3, -0.25) is 4.79 Å². The van der Waals surface area contributed by atoms with Crippen LogP contribution >= 0.6 is 0 Å². The van der Waals surface area contributed by atoms with Crippen molar-refractivity contribution in [2.24, 2.45) is 0 Å². The number of ether oxygens (including phenoxy) is 1. The molecule has 2 aromatic carbocycles. The van der Waals surface area contributed by atoms with Crippen molar-refractivity contribution in [3.8, 4) is 5.75 Å². The third-order valence-corrected chi connectivity index (χ3v) is 4.16. The fourth-order valence-corrected chi connectivity index (χ4v) is 2.84. The average Bonchev–Trinajstić information content (AvgIpc) is 2.47. The van der Waals surface area contributed by atoms with Gasteiger partial charge in [0.05, 0.1) is 0 Å². The minimum atomic E-state index is -0.139. The minimum Gasteiger partial charge on any atom is -0.483 e. The van der Waals surface area contributed by atoms with Crippen LogP contribution in [0.15, 0.2) is 24.3 Å². The molecular weight excluding hydrogens is 286 g/mol. The number of carbonyl (C=O) groups excluding carboxylic acids is 1. The van der Waals surface area contributed by atoms with Crippen LogP contribution in [0, 0.1) is 41.5 Å². The number of carbonyl (C=O) groups is 1. The standard InChI is InChI=1S/C20H25NO2/c1-12-9-15(4)19(16(5)10-12)21-18(22)11-23-20-14(3)8-7-13(2)17(20)6/h7-10H,11H2,1-6H3,(H,21,22). The van der Waals surface area contributed by atoms with Crippen LogP contribution in [0.3, 0.4) is 0 Å². The fraction of sp³-hybridized carbons (Fsp3) is 0.350. The van der Waals surface area contributed by atoms with Gasteiger partial charge in [0.25, 0.3) is 5.91 Å². The van der Waals surface area contributed by atoms with Crippen molar-refractivity contribution in [2.75, 3.05) is 11.9 Å². The molecule has 122 valence electrons. The molecule has 23 heavy (non-hydrogen) atoms. The van der Waals surface area contributed by atoms with Crippen molar-refractivity contribution in [1.29, 1.82) is 0 Å². The summed E-state index contributed by atoms with van der Waals surface area (Å²) in [6.07, 6.45) is 0. The zero-order chi connectivity index (χ0) is 17.1. The van der Waals surface area contributed by atoms with E-state index >= 15 is 0 Å². The maximum atomic E-state index is 12.2. The predicted octanol–water partition coefficient (Wildman–Crippen LogP) is 4.55. The molecule has 0 aliphatic rings. The Morgan fingerprint density at radius 1 is 0.913 bits per heavy atom. The van der Waals surface area contributed by atoms with E-state index in [4.69, 9.17) is 4.74 Å². The molecule has 3 heteroatoms. The van der Waals surface area contributed by atoms with Crippen molar-refractivity contribution in [1.82, 2.24) is 0 Å². The molecule has 0 saturated carbocycles. The Labute approximate surface area is 138 Å². The van der Waals surface area contributed by atoms with Gasteiger partial charge in [0.15, 0.2) is 6.61 Å². The quantitative estimate of drug-likeness (QED) is 0.899. The summed E-state index contributed by atoms with van der Waals surface area (Å²) in [4.78, 5) is 12.2. The summed E-state index contributed by atoms with van der Waals surface area (Å²) in [6.45, 7) is 12.1. The van der Waals surface area contributed by atoms with Gasteiger partial charge in [0.1, 0.15) is 5.75 Å². The highest BCUT2D eigenvalue weighted by molar-refractivity contribution is 5.93. The van der Waals surface area contributed by atoms with Gasteiger partial charge in [-0.15, -0.1) is 0 Å². The Kier molecular flexibility index (Phi) is 5.09. The monoisotopic (exact) mass is 311 g/mol. The van der Waals surface area contributed by atoms with Crippen molar-refractivity contribution in [2.45, 2.75) is 41.5 Å². The first-order valence-corrected chi connectivity index (χ1v) is 7.87. The van der Waals surface area contributed by atoms with E-state index in [0.717, 1.165) is 39.3 Å². The number of amides is 1. The molecule has 1 N–H and O–H groups in total. The van der Waals surface area contributed by atoms with E-state index in [-0.39, 0.29) is 12.5 Å². The SMILES string of the molecule is Cc1cc(C)c(NC(=O)COc2c(C)ccc(C)c2C)c(C)c1. The van der Waals surface area contributed by atoms with E-state index in [1.165, 1.54) is 5.56 Å².